The van der Waals surface area contributed by atoms with Crippen molar-refractivity contribution in [3.8, 4) is 0 Å². The van der Waals surface area contributed by atoms with Gasteiger partial charge in [0.2, 0.25) is 5.91 Å². The van der Waals surface area contributed by atoms with Gasteiger partial charge in [-0.25, -0.2) is 19.1 Å². The molecule has 0 bridgehead atoms. The Bertz CT molecular complexity index is 1430. The number of aromatic nitrogens is 2. The van der Waals surface area contributed by atoms with Crippen molar-refractivity contribution in [2.75, 3.05) is 0 Å². The first-order valence-corrected chi connectivity index (χ1v) is 13.4. The van der Waals surface area contributed by atoms with E-state index in [-0.39, 0.29) is 19.6 Å². The molecular formula is C32H33N4O6. The number of hydrogen-bond donors (Lipinski definition) is 3. The molecule has 10 heteroatoms. The molecule has 0 saturated carbocycles. The van der Waals surface area contributed by atoms with Crippen LogP contribution in [0.3, 0.4) is 0 Å². The molecule has 1 aromatic heterocycles. The number of nitrogens with zero attached hydrogens (tertiary/aromatic N) is 2. The summed E-state index contributed by atoms with van der Waals surface area (Å²) in [5.41, 5.74) is 2.79. The Labute approximate surface area is 244 Å². The molecule has 4 aromatic rings. The van der Waals surface area contributed by atoms with Crippen molar-refractivity contribution in [1.82, 2.24) is 20.2 Å². The first-order chi connectivity index (χ1) is 20.4. The molecule has 0 unspecified atom stereocenters. The number of amides is 2. The monoisotopic (exact) mass is 569 g/mol. The quantitative estimate of drug-likeness (QED) is 0.236. The number of benzene rings is 3. The number of nitrogens with one attached hydrogen (secondary N) is 2. The van der Waals surface area contributed by atoms with Crippen molar-refractivity contribution >= 4 is 18.1 Å². The van der Waals surface area contributed by atoms with Gasteiger partial charge in [0.25, 0.3) is 0 Å². The summed E-state index contributed by atoms with van der Waals surface area (Å²) in [6.07, 6.45) is 0.253. The van der Waals surface area contributed by atoms with Gasteiger partial charge in [-0.05, 0) is 30.0 Å². The fraction of sp³-hybridized carbons (Fsp3) is 0.219. The standard InChI is InChI=1S/C32H33N4O6/c1-23(37)28(17-24-11-5-2-6-12-24)34-30(38)29(35-31(39)41-20-25-13-7-3-8-14-25)18-27-19-33-22-36(27)32(40)42-21-26-15-9-4-10-16-26/h2-16,19,22-23,28-29,37H,1,17-18,20-21H2,(H,34,38)(H,35,39)/t23-,28+,29+/m1/s1. The molecule has 42 heavy (non-hydrogen) atoms. The average Bonchev–Trinajstić information content (AvgIpc) is 3.48. The third kappa shape index (κ3) is 9.03. The third-order valence-corrected chi connectivity index (χ3v) is 6.44. The minimum Gasteiger partial charge on any atom is -0.445 e. The van der Waals surface area contributed by atoms with Crippen LogP contribution in [0.1, 0.15) is 22.4 Å². The summed E-state index contributed by atoms with van der Waals surface area (Å²) in [5, 5.41) is 15.7. The molecule has 0 saturated heterocycles. The fourth-order valence-electron chi connectivity index (χ4n) is 4.19. The SMILES string of the molecule is [CH2][C@@H](O)[C@H](Cc1ccccc1)NC(=O)[C@H](Cc1cncn1C(=O)OCc1ccccc1)NC(=O)OCc1ccccc1. The lowest BCUT2D eigenvalue weighted by atomic mass is 10.0. The van der Waals surface area contributed by atoms with Crippen LogP contribution in [-0.4, -0.2) is 50.9 Å². The number of carbonyl (C=O) groups is 3. The van der Waals surface area contributed by atoms with Gasteiger partial charge >= 0.3 is 12.2 Å². The molecule has 4 rings (SSSR count). The third-order valence-electron chi connectivity index (χ3n) is 6.44. The fourth-order valence-corrected chi connectivity index (χ4v) is 4.19. The molecule has 3 aromatic carbocycles. The highest BCUT2D eigenvalue weighted by molar-refractivity contribution is 5.86. The number of ether oxygens (including phenoxy) is 2. The Morgan fingerprint density at radius 2 is 1.33 bits per heavy atom. The van der Waals surface area contributed by atoms with E-state index in [1.165, 1.54) is 17.1 Å². The lowest BCUT2D eigenvalue weighted by molar-refractivity contribution is -0.124. The van der Waals surface area contributed by atoms with E-state index in [4.69, 9.17) is 9.47 Å². The van der Waals surface area contributed by atoms with Gasteiger partial charge in [0.15, 0.2) is 0 Å². The highest BCUT2D eigenvalue weighted by atomic mass is 16.6. The van der Waals surface area contributed by atoms with Crippen LogP contribution in [0.2, 0.25) is 0 Å². The first-order valence-electron chi connectivity index (χ1n) is 13.4. The van der Waals surface area contributed by atoms with Crippen molar-refractivity contribution in [2.24, 2.45) is 0 Å². The molecule has 0 aliphatic heterocycles. The van der Waals surface area contributed by atoms with Crippen LogP contribution in [0.4, 0.5) is 9.59 Å². The highest BCUT2D eigenvalue weighted by Gasteiger charge is 2.28. The maximum absolute atomic E-state index is 13.5. The normalized spacial score (nSPS) is 12.9. The second kappa shape index (κ2) is 15.2. The van der Waals surface area contributed by atoms with Gasteiger partial charge in [-0.15, -0.1) is 0 Å². The largest absolute Gasteiger partial charge is 0.445 e. The summed E-state index contributed by atoms with van der Waals surface area (Å²) in [5.74, 6) is -0.597. The zero-order valence-corrected chi connectivity index (χ0v) is 23.0. The predicted octanol–water partition coefficient (Wildman–Crippen LogP) is 3.83. The van der Waals surface area contributed by atoms with Crippen molar-refractivity contribution in [1.29, 1.82) is 0 Å². The Kier molecular flexibility index (Phi) is 10.8. The van der Waals surface area contributed by atoms with Gasteiger partial charge in [0.1, 0.15) is 25.6 Å². The van der Waals surface area contributed by atoms with Crippen LogP contribution < -0.4 is 10.6 Å². The lowest BCUT2D eigenvalue weighted by Crippen LogP contribution is -2.53. The number of alkyl carbamates (subject to hydrolysis) is 1. The van der Waals surface area contributed by atoms with E-state index in [9.17, 15) is 19.5 Å². The molecule has 1 heterocycles. The molecule has 10 nitrogen and oxygen atoms in total. The number of aliphatic hydroxyl groups excluding tert-OH is 1. The van der Waals surface area contributed by atoms with Crippen LogP contribution in [-0.2, 0) is 40.3 Å². The first kappa shape index (κ1) is 30.0. The van der Waals surface area contributed by atoms with Crippen molar-refractivity contribution in [3.05, 3.63) is 133 Å². The van der Waals surface area contributed by atoms with Crippen LogP contribution in [0.25, 0.3) is 0 Å². The molecule has 217 valence electrons. The minimum absolute atomic E-state index is 0.00101. The van der Waals surface area contributed by atoms with Crippen LogP contribution >= 0.6 is 0 Å². The molecule has 2 amide bonds. The topological polar surface area (TPSA) is 132 Å². The minimum atomic E-state index is -1.18. The summed E-state index contributed by atoms with van der Waals surface area (Å²) < 4.78 is 11.9. The van der Waals surface area contributed by atoms with Gasteiger partial charge in [0.05, 0.1) is 17.8 Å². The van der Waals surface area contributed by atoms with E-state index in [0.717, 1.165) is 16.7 Å². The molecule has 0 spiro atoms. The van der Waals surface area contributed by atoms with Crippen molar-refractivity contribution in [3.63, 3.8) is 0 Å². The maximum Gasteiger partial charge on any atom is 0.419 e. The predicted molar refractivity (Wildman–Crippen MR) is 155 cm³/mol. The maximum atomic E-state index is 13.5. The number of imidazole rings is 1. The summed E-state index contributed by atoms with van der Waals surface area (Å²) >= 11 is 0. The molecule has 0 aliphatic rings. The zero-order chi connectivity index (χ0) is 29.7. The molecule has 1 radical (unpaired) electrons. The average molecular weight is 570 g/mol. The van der Waals surface area contributed by atoms with Gasteiger partial charge in [-0.3, -0.25) is 4.79 Å². The van der Waals surface area contributed by atoms with Crippen molar-refractivity contribution in [2.45, 2.75) is 44.2 Å². The Morgan fingerprint density at radius 1 is 0.786 bits per heavy atom. The van der Waals surface area contributed by atoms with Crippen LogP contribution in [0.5, 0.6) is 0 Å². The summed E-state index contributed by atoms with van der Waals surface area (Å²) in [7, 11) is 0. The highest BCUT2D eigenvalue weighted by Crippen LogP contribution is 2.11. The summed E-state index contributed by atoms with van der Waals surface area (Å²) in [6.45, 7) is 3.73. The van der Waals surface area contributed by atoms with E-state index < -0.39 is 36.3 Å². The van der Waals surface area contributed by atoms with E-state index in [0.29, 0.717) is 12.1 Å². The second-order valence-corrected chi connectivity index (χ2v) is 9.63. The zero-order valence-electron chi connectivity index (χ0n) is 23.0. The molecular weight excluding hydrogens is 536 g/mol. The lowest BCUT2D eigenvalue weighted by Gasteiger charge is -2.25. The van der Waals surface area contributed by atoms with Crippen LogP contribution in [0.15, 0.2) is 104 Å². The number of carbonyl (C=O) groups excluding carboxylic acids is 3. The van der Waals surface area contributed by atoms with Gasteiger partial charge < -0.3 is 25.2 Å². The molecule has 0 aliphatic carbocycles. The van der Waals surface area contributed by atoms with Gasteiger partial charge in [-0.2, -0.15) is 0 Å². The van der Waals surface area contributed by atoms with Gasteiger partial charge in [-0.1, -0.05) is 91.0 Å². The Morgan fingerprint density at radius 3 is 1.90 bits per heavy atom. The number of rotatable bonds is 12. The van der Waals surface area contributed by atoms with Crippen molar-refractivity contribution < 1.29 is 29.0 Å². The number of aliphatic hydroxyl groups is 1. The molecule has 3 N–H and O–H groups in total. The Hall–Kier alpha value is -4.96. The second-order valence-electron chi connectivity index (χ2n) is 9.63. The smallest absolute Gasteiger partial charge is 0.419 e. The molecule has 3 atom stereocenters. The van der Waals surface area contributed by atoms with Crippen LogP contribution in [0, 0.1) is 6.92 Å². The van der Waals surface area contributed by atoms with E-state index in [1.807, 2.05) is 78.9 Å². The van der Waals surface area contributed by atoms with E-state index in [2.05, 4.69) is 22.5 Å². The summed E-state index contributed by atoms with van der Waals surface area (Å²) in [6, 6.07) is 25.7. The summed E-state index contributed by atoms with van der Waals surface area (Å²) in [4.78, 5) is 43.2. The van der Waals surface area contributed by atoms with E-state index >= 15 is 0 Å². The molecule has 0 fully saturated rings. The van der Waals surface area contributed by atoms with E-state index in [1.54, 1.807) is 12.1 Å². The van der Waals surface area contributed by atoms with Gasteiger partial charge in [0, 0.05) is 12.6 Å². The Balaban J connectivity index is 1.47. The number of hydrogen-bond acceptors (Lipinski definition) is 7.